The van der Waals surface area contributed by atoms with Gasteiger partial charge in [0, 0.05) is 32.4 Å². The van der Waals surface area contributed by atoms with Gasteiger partial charge in [-0.15, -0.1) is 0 Å². The van der Waals surface area contributed by atoms with Crippen LogP contribution in [0.4, 0.5) is 5.69 Å². The van der Waals surface area contributed by atoms with Gasteiger partial charge in [0.15, 0.2) is 4.90 Å². The number of anilines is 1. The maximum Gasteiger partial charge on any atom is 0.328 e. The second kappa shape index (κ2) is 6.71. The smallest absolute Gasteiger partial charge is 0.328 e. The van der Waals surface area contributed by atoms with Gasteiger partial charge in [-0.2, -0.15) is 0 Å². The third kappa shape index (κ3) is 4.10. The predicted molar refractivity (Wildman–Crippen MR) is 87.1 cm³/mol. The first-order chi connectivity index (χ1) is 11.2. The second-order valence-electron chi connectivity index (χ2n) is 5.08. The number of rotatable bonds is 5. The Kier molecular flexibility index (Phi) is 4.88. The van der Waals surface area contributed by atoms with Crippen LogP contribution in [0.15, 0.2) is 44.9 Å². The van der Waals surface area contributed by atoms with Crippen molar-refractivity contribution < 1.29 is 13.2 Å². The molecular formula is C14H16N4O5S. The molecule has 0 saturated heterocycles. The topological polar surface area (TPSA) is 130 Å². The lowest BCUT2D eigenvalue weighted by Crippen LogP contribution is -2.33. The van der Waals surface area contributed by atoms with Gasteiger partial charge < -0.3 is 9.88 Å². The van der Waals surface area contributed by atoms with Crippen molar-refractivity contribution in [3.05, 3.63) is 56.9 Å². The van der Waals surface area contributed by atoms with E-state index >= 15 is 0 Å². The highest BCUT2D eigenvalue weighted by atomic mass is 32.2. The van der Waals surface area contributed by atoms with E-state index in [0.717, 1.165) is 16.3 Å². The fourth-order valence-electron chi connectivity index (χ4n) is 1.86. The number of aromatic amines is 1. The molecule has 0 aliphatic carbocycles. The van der Waals surface area contributed by atoms with Gasteiger partial charge in [-0.3, -0.25) is 19.3 Å². The molecule has 2 rings (SSSR count). The van der Waals surface area contributed by atoms with Gasteiger partial charge in [-0.25, -0.2) is 13.2 Å². The number of aromatic nitrogens is 2. The molecule has 0 unspecified atom stereocenters. The number of sulfonamides is 1. The van der Waals surface area contributed by atoms with Crippen molar-refractivity contribution >= 4 is 21.6 Å². The molecule has 3 N–H and O–H groups in total. The number of carbonyl (C=O) groups is 1. The van der Waals surface area contributed by atoms with Crippen LogP contribution in [-0.2, 0) is 28.4 Å². The molecule has 1 aromatic heterocycles. The van der Waals surface area contributed by atoms with Gasteiger partial charge in [-0.1, -0.05) is 12.1 Å². The third-order valence-corrected chi connectivity index (χ3v) is 4.49. The number of nitrogens with zero attached hydrogens (tertiary/aromatic N) is 1. The van der Waals surface area contributed by atoms with E-state index in [4.69, 9.17) is 0 Å². The van der Waals surface area contributed by atoms with Crippen LogP contribution < -0.4 is 21.3 Å². The van der Waals surface area contributed by atoms with E-state index in [1.165, 1.54) is 26.1 Å². The molecule has 128 valence electrons. The van der Waals surface area contributed by atoms with Gasteiger partial charge in [0.05, 0.1) is 0 Å². The van der Waals surface area contributed by atoms with Gasteiger partial charge >= 0.3 is 5.69 Å². The number of nitrogens with one attached hydrogen (secondary N) is 3. The van der Waals surface area contributed by atoms with E-state index in [9.17, 15) is 22.8 Å². The van der Waals surface area contributed by atoms with Crippen molar-refractivity contribution in [3.8, 4) is 0 Å². The quantitative estimate of drug-likeness (QED) is 0.668. The Bertz CT molecular complexity index is 973. The average molecular weight is 352 g/mol. The third-order valence-electron chi connectivity index (χ3n) is 3.11. The molecule has 24 heavy (non-hydrogen) atoms. The fraction of sp³-hybridized carbons (Fsp3) is 0.214. The minimum atomic E-state index is -4.15. The van der Waals surface area contributed by atoms with Crippen molar-refractivity contribution in [1.29, 1.82) is 0 Å². The lowest BCUT2D eigenvalue weighted by Gasteiger charge is -2.09. The maximum absolute atomic E-state index is 12.3. The number of carbonyl (C=O) groups excluding carboxylic acids is 1. The van der Waals surface area contributed by atoms with Crippen LogP contribution in [0.1, 0.15) is 12.5 Å². The zero-order valence-corrected chi connectivity index (χ0v) is 13.8. The van der Waals surface area contributed by atoms with E-state index in [1.54, 1.807) is 12.1 Å². The largest absolute Gasteiger partial charge is 0.352 e. The molecule has 0 fully saturated rings. The van der Waals surface area contributed by atoms with E-state index < -0.39 is 26.2 Å². The molecule has 0 bridgehead atoms. The van der Waals surface area contributed by atoms with Gasteiger partial charge in [-0.05, 0) is 17.7 Å². The van der Waals surface area contributed by atoms with Gasteiger partial charge in [0.1, 0.15) is 0 Å². The molecule has 10 heteroatoms. The van der Waals surface area contributed by atoms with Crippen molar-refractivity contribution in [3.63, 3.8) is 0 Å². The van der Waals surface area contributed by atoms with E-state index in [0.29, 0.717) is 6.54 Å². The summed E-state index contributed by atoms with van der Waals surface area (Å²) in [7, 11) is -2.82. The number of hydrogen-bond donors (Lipinski definition) is 3. The fourth-order valence-corrected chi connectivity index (χ4v) is 3.01. The van der Waals surface area contributed by atoms with E-state index in [1.807, 2.05) is 4.98 Å². The summed E-state index contributed by atoms with van der Waals surface area (Å²) in [5, 5.41) is 2.62. The van der Waals surface area contributed by atoms with Crippen molar-refractivity contribution in [1.82, 2.24) is 14.9 Å². The first-order valence-electron chi connectivity index (χ1n) is 6.85. The summed E-state index contributed by atoms with van der Waals surface area (Å²) in [6, 6.07) is 6.28. The van der Waals surface area contributed by atoms with Crippen molar-refractivity contribution in [2.45, 2.75) is 18.4 Å². The van der Waals surface area contributed by atoms with E-state index in [2.05, 4.69) is 10.0 Å². The number of aryl methyl sites for hydroxylation is 1. The molecule has 0 spiro atoms. The summed E-state index contributed by atoms with van der Waals surface area (Å²) in [6.45, 7) is 1.72. The summed E-state index contributed by atoms with van der Waals surface area (Å²) in [5.41, 5.74) is -0.669. The second-order valence-corrected chi connectivity index (χ2v) is 6.73. The van der Waals surface area contributed by atoms with Crippen LogP contribution in [0.25, 0.3) is 0 Å². The van der Waals surface area contributed by atoms with Gasteiger partial charge in [0.2, 0.25) is 5.91 Å². The first-order valence-corrected chi connectivity index (χ1v) is 8.33. The monoisotopic (exact) mass is 352 g/mol. The van der Waals surface area contributed by atoms with Gasteiger partial charge in [0.25, 0.3) is 15.6 Å². The molecule has 0 atom stereocenters. The zero-order chi connectivity index (χ0) is 17.9. The summed E-state index contributed by atoms with van der Waals surface area (Å²) >= 11 is 0. The highest BCUT2D eigenvalue weighted by Crippen LogP contribution is 2.14. The number of benzene rings is 1. The standard InChI is InChI=1S/C14H16N4O5S/c1-9(19)15-7-10-3-5-11(6-4-10)17-24(22,23)12-8-18(2)14(21)16-13(12)20/h3-6,8,17H,7H2,1-2H3,(H,15,19)(H,16,20,21). The van der Waals surface area contributed by atoms with Crippen LogP contribution in [0.5, 0.6) is 0 Å². The lowest BCUT2D eigenvalue weighted by molar-refractivity contribution is -0.119. The summed E-state index contributed by atoms with van der Waals surface area (Å²) in [6.07, 6.45) is 0.953. The van der Waals surface area contributed by atoms with Crippen LogP contribution in [0.2, 0.25) is 0 Å². The first kappa shape index (κ1) is 17.5. The molecule has 0 aliphatic heterocycles. The predicted octanol–water partition coefficient (Wildman–Crippen LogP) is -0.489. The number of hydrogen-bond acceptors (Lipinski definition) is 5. The molecule has 1 aromatic carbocycles. The Morgan fingerprint density at radius 3 is 2.42 bits per heavy atom. The molecular weight excluding hydrogens is 336 g/mol. The zero-order valence-electron chi connectivity index (χ0n) is 13.0. The number of H-pyrrole nitrogens is 1. The van der Waals surface area contributed by atoms with Crippen molar-refractivity contribution in [2.24, 2.45) is 7.05 Å². The van der Waals surface area contributed by atoms with Crippen LogP contribution in [0.3, 0.4) is 0 Å². The lowest BCUT2D eigenvalue weighted by atomic mass is 10.2. The molecule has 2 aromatic rings. The van der Waals surface area contributed by atoms with Crippen molar-refractivity contribution in [2.75, 3.05) is 4.72 Å². The summed E-state index contributed by atoms with van der Waals surface area (Å²) < 4.78 is 27.8. The SMILES string of the molecule is CC(=O)NCc1ccc(NS(=O)(=O)c2cn(C)c(=O)[nH]c2=O)cc1. The molecule has 1 heterocycles. The molecule has 9 nitrogen and oxygen atoms in total. The normalized spacial score (nSPS) is 11.1. The maximum atomic E-state index is 12.3. The Morgan fingerprint density at radius 2 is 1.83 bits per heavy atom. The Labute approximate surface area is 137 Å². The summed E-state index contributed by atoms with van der Waals surface area (Å²) in [4.78, 5) is 35.2. The highest BCUT2D eigenvalue weighted by Gasteiger charge is 2.19. The Hall–Kier alpha value is -2.88. The van der Waals surface area contributed by atoms with Crippen LogP contribution >= 0.6 is 0 Å². The van der Waals surface area contributed by atoms with E-state index in [-0.39, 0.29) is 11.6 Å². The number of amides is 1. The minimum Gasteiger partial charge on any atom is -0.352 e. The highest BCUT2D eigenvalue weighted by molar-refractivity contribution is 7.92. The average Bonchev–Trinajstić information content (AvgIpc) is 2.49. The van der Waals surface area contributed by atoms with Crippen LogP contribution in [0, 0.1) is 0 Å². The molecule has 0 saturated carbocycles. The Balaban J connectivity index is 2.23. The summed E-state index contributed by atoms with van der Waals surface area (Å²) in [5.74, 6) is -0.173. The molecule has 0 radical (unpaired) electrons. The molecule has 0 aliphatic rings. The minimum absolute atomic E-state index is 0.173. The Morgan fingerprint density at radius 1 is 1.21 bits per heavy atom. The molecule has 1 amide bonds. The van der Waals surface area contributed by atoms with Crippen LogP contribution in [-0.4, -0.2) is 23.9 Å².